The molecule has 0 aromatic rings. The maximum Gasteiger partial charge on any atom is 0.313 e. The summed E-state index contributed by atoms with van der Waals surface area (Å²) in [5.74, 6) is 0.0123. The van der Waals surface area contributed by atoms with Crippen LogP contribution in [0.4, 0.5) is 0 Å². The van der Waals surface area contributed by atoms with Gasteiger partial charge < -0.3 is 10.1 Å². The molecule has 94 valence electrons. The topological polar surface area (TPSA) is 38.3 Å². The second-order valence-electron chi connectivity index (χ2n) is 4.76. The minimum atomic E-state index is -0.246. The Morgan fingerprint density at radius 2 is 2.19 bits per heavy atom. The summed E-state index contributed by atoms with van der Waals surface area (Å²) in [5, 5.41) is 3.31. The number of hydrogen-bond acceptors (Lipinski definition) is 3. The van der Waals surface area contributed by atoms with Crippen LogP contribution < -0.4 is 5.32 Å². The quantitative estimate of drug-likeness (QED) is 0.559. The van der Waals surface area contributed by atoms with Crippen molar-refractivity contribution in [2.75, 3.05) is 19.7 Å². The SMILES string of the molecule is CCCCCOC(=O)C1(CC)CCCNC1. The van der Waals surface area contributed by atoms with E-state index >= 15 is 0 Å². The summed E-state index contributed by atoms with van der Waals surface area (Å²) >= 11 is 0. The van der Waals surface area contributed by atoms with Crippen LogP contribution in [0.3, 0.4) is 0 Å². The van der Waals surface area contributed by atoms with Crippen molar-refractivity contribution >= 4 is 5.97 Å². The fraction of sp³-hybridized carbons (Fsp3) is 0.923. The van der Waals surface area contributed by atoms with Crippen LogP contribution in [0.2, 0.25) is 0 Å². The molecule has 1 fully saturated rings. The molecule has 1 rings (SSSR count). The van der Waals surface area contributed by atoms with Gasteiger partial charge in [-0.05, 0) is 32.2 Å². The minimum absolute atomic E-state index is 0.0123. The summed E-state index contributed by atoms with van der Waals surface area (Å²) in [6.07, 6.45) is 6.24. The van der Waals surface area contributed by atoms with Gasteiger partial charge in [0, 0.05) is 6.54 Å². The maximum atomic E-state index is 12.1. The van der Waals surface area contributed by atoms with Crippen LogP contribution >= 0.6 is 0 Å². The predicted octanol–water partition coefficient (Wildman–Crippen LogP) is 2.50. The first-order valence-corrected chi connectivity index (χ1v) is 6.63. The number of hydrogen-bond donors (Lipinski definition) is 1. The Bertz CT molecular complexity index is 210. The summed E-state index contributed by atoms with van der Waals surface area (Å²) in [4.78, 5) is 12.1. The number of carbonyl (C=O) groups excluding carboxylic acids is 1. The van der Waals surface area contributed by atoms with Gasteiger partial charge >= 0.3 is 5.97 Å². The molecule has 3 nitrogen and oxygen atoms in total. The Balaban J connectivity index is 2.36. The molecule has 1 heterocycles. The van der Waals surface area contributed by atoms with E-state index in [-0.39, 0.29) is 11.4 Å². The molecule has 0 radical (unpaired) electrons. The van der Waals surface area contributed by atoms with E-state index in [1.807, 2.05) is 0 Å². The predicted molar refractivity (Wildman–Crippen MR) is 65.3 cm³/mol. The molecule has 0 aliphatic carbocycles. The van der Waals surface area contributed by atoms with Crippen molar-refractivity contribution < 1.29 is 9.53 Å². The standard InChI is InChI=1S/C13H25NO2/c1-3-5-6-10-16-12(15)13(4-2)8-7-9-14-11-13/h14H,3-11H2,1-2H3. The highest BCUT2D eigenvalue weighted by atomic mass is 16.5. The van der Waals surface area contributed by atoms with Gasteiger partial charge in [-0.3, -0.25) is 4.79 Å². The number of ether oxygens (including phenoxy) is 1. The van der Waals surface area contributed by atoms with Crippen molar-refractivity contribution in [2.24, 2.45) is 5.41 Å². The number of piperidine rings is 1. The average molecular weight is 227 g/mol. The molecule has 1 N–H and O–H groups in total. The minimum Gasteiger partial charge on any atom is -0.465 e. The first kappa shape index (κ1) is 13.5. The summed E-state index contributed by atoms with van der Waals surface area (Å²) in [6.45, 7) is 6.65. The van der Waals surface area contributed by atoms with E-state index < -0.39 is 0 Å². The molecule has 1 atom stereocenters. The van der Waals surface area contributed by atoms with Gasteiger partial charge in [0.15, 0.2) is 0 Å². The molecular formula is C13H25NO2. The Labute approximate surface area is 98.9 Å². The summed E-state index contributed by atoms with van der Waals surface area (Å²) in [5.41, 5.74) is -0.246. The number of rotatable bonds is 6. The zero-order valence-electron chi connectivity index (χ0n) is 10.7. The molecule has 1 saturated heterocycles. The van der Waals surface area contributed by atoms with Crippen LogP contribution in [0.1, 0.15) is 52.4 Å². The van der Waals surface area contributed by atoms with E-state index in [1.165, 1.54) is 0 Å². The van der Waals surface area contributed by atoms with Crippen molar-refractivity contribution in [3.63, 3.8) is 0 Å². The Hall–Kier alpha value is -0.570. The van der Waals surface area contributed by atoms with Gasteiger partial charge in [0.2, 0.25) is 0 Å². The third kappa shape index (κ3) is 3.48. The second-order valence-corrected chi connectivity index (χ2v) is 4.76. The zero-order chi connectivity index (χ0) is 11.9. The lowest BCUT2D eigenvalue weighted by Crippen LogP contribution is -2.46. The first-order valence-electron chi connectivity index (χ1n) is 6.63. The second kappa shape index (κ2) is 6.89. The molecule has 0 aromatic heterocycles. The van der Waals surface area contributed by atoms with Gasteiger partial charge in [0.25, 0.3) is 0 Å². The lowest BCUT2D eigenvalue weighted by atomic mass is 9.78. The van der Waals surface area contributed by atoms with E-state index in [0.717, 1.165) is 51.6 Å². The van der Waals surface area contributed by atoms with Crippen molar-refractivity contribution in [2.45, 2.75) is 52.4 Å². The first-order chi connectivity index (χ1) is 7.75. The molecular weight excluding hydrogens is 202 g/mol. The van der Waals surface area contributed by atoms with Crippen LogP contribution in [-0.2, 0) is 9.53 Å². The Kier molecular flexibility index (Phi) is 5.81. The molecule has 1 unspecified atom stereocenters. The van der Waals surface area contributed by atoms with E-state index in [9.17, 15) is 4.79 Å². The molecule has 0 aromatic carbocycles. The lowest BCUT2D eigenvalue weighted by Gasteiger charge is -2.34. The van der Waals surface area contributed by atoms with E-state index in [0.29, 0.717) is 6.61 Å². The Morgan fingerprint density at radius 3 is 2.75 bits per heavy atom. The molecule has 1 aliphatic heterocycles. The molecule has 0 saturated carbocycles. The zero-order valence-corrected chi connectivity index (χ0v) is 10.7. The highest BCUT2D eigenvalue weighted by Gasteiger charge is 2.39. The number of carbonyl (C=O) groups is 1. The maximum absolute atomic E-state index is 12.1. The highest BCUT2D eigenvalue weighted by Crippen LogP contribution is 2.31. The lowest BCUT2D eigenvalue weighted by molar-refractivity contribution is -0.157. The number of unbranched alkanes of at least 4 members (excludes halogenated alkanes) is 2. The molecule has 3 heteroatoms. The smallest absolute Gasteiger partial charge is 0.313 e. The number of esters is 1. The van der Waals surface area contributed by atoms with Crippen LogP contribution in [0.15, 0.2) is 0 Å². The molecule has 1 aliphatic rings. The van der Waals surface area contributed by atoms with Crippen molar-refractivity contribution in [1.29, 1.82) is 0 Å². The third-order valence-corrected chi connectivity index (χ3v) is 3.56. The summed E-state index contributed by atoms with van der Waals surface area (Å²) in [6, 6.07) is 0. The van der Waals surface area contributed by atoms with Crippen LogP contribution in [0.5, 0.6) is 0 Å². The van der Waals surface area contributed by atoms with Gasteiger partial charge in [-0.2, -0.15) is 0 Å². The number of nitrogens with one attached hydrogen (secondary N) is 1. The molecule has 0 amide bonds. The normalized spacial score (nSPS) is 25.4. The van der Waals surface area contributed by atoms with Gasteiger partial charge in [-0.1, -0.05) is 26.7 Å². The van der Waals surface area contributed by atoms with Gasteiger partial charge in [0.1, 0.15) is 0 Å². The fourth-order valence-electron chi connectivity index (χ4n) is 2.26. The van der Waals surface area contributed by atoms with E-state index in [2.05, 4.69) is 19.2 Å². The van der Waals surface area contributed by atoms with Gasteiger partial charge in [0.05, 0.1) is 12.0 Å². The Morgan fingerprint density at radius 1 is 1.38 bits per heavy atom. The third-order valence-electron chi connectivity index (χ3n) is 3.56. The highest BCUT2D eigenvalue weighted by molar-refractivity contribution is 5.77. The average Bonchev–Trinajstić information content (AvgIpc) is 2.35. The van der Waals surface area contributed by atoms with Crippen LogP contribution in [0.25, 0.3) is 0 Å². The van der Waals surface area contributed by atoms with E-state index in [4.69, 9.17) is 4.74 Å². The monoisotopic (exact) mass is 227 g/mol. The van der Waals surface area contributed by atoms with E-state index in [1.54, 1.807) is 0 Å². The van der Waals surface area contributed by atoms with Gasteiger partial charge in [-0.15, -0.1) is 0 Å². The fourth-order valence-corrected chi connectivity index (χ4v) is 2.26. The van der Waals surface area contributed by atoms with Crippen LogP contribution in [0, 0.1) is 5.41 Å². The summed E-state index contributed by atoms with van der Waals surface area (Å²) in [7, 11) is 0. The molecule has 0 spiro atoms. The van der Waals surface area contributed by atoms with Crippen molar-refractivity contribution in [3.8, 4) is 0 Å². The van der Waals surface area contributed by atoms with Gasteiger partial charge in [-0.25, -0.2) is 0 Å². The summed E-state index contributed by atoms with van der Waals surface area (Å²) < 4.78 is 5.40. The largest absolute Gasteiger partial charge is 0.465 e. The molecule has 16 heavy (non-hydrogen) atoms. The molecule has 0 bridgehead atoms. The van der Waals surface area contributed by atoms with Crippen molar-refractivity contribution in [3.05, 3.63) is 0 Å². The van der Waals surface area contributed by atoms with Crippen LogP contribution in [-0.4, -0.2) is 25.7 Å². The van der Waals surface area contributed by atoms with Crippen molar-refractivity contribution in [1.82, 2.24) is 5.32 Å².